The first-order valence-corrected chi connectivity index (χ1v) is 12.2. The topological polar surface area (TPSA) is 30.2 Å². The number of hydrogen-bond acceptors (Lipinski definition) is 2. The molecule has 9 rings (SSSR count). The molecular weight excluding hydrogens is 426 g/mol. The molecule has 3 heteroatoms. The number of nitrogens with zero attached hydrogens (tertiary/aromatic N) is 3. The monoisotopic (exact) mass is 445 g/mol. The molecule has 0 saturated carbocycles. The van der Waals surface area contributed by atoms with Gasteiger partial charge in [0.15, 0.2) is 0 Å². The van der Waals surface area contributed by atoms with Gasteiger partial charge in [-0.15, -0.1) is 0 Å². The molecule has 4 aromatic carbocycles. The molecule has 0 fully saturated rings. The van der Waals surface area contributed by atoms with Crippen molar-refractivity contribution in [3.63, 3.8) is 0 Å². The molecule has 162 valence electrons. The third kappa shape index (κ3) is 2.21. The SMILES string of the molecule is c1ccc2c(c1)Cc1cc3c(cc1-2)-c1cc2c4cccnc4n4c5ccccc5nc4c2cc1C3. The first kappa shape index (κ1) is 17.9. The zero-order valence-electron chi connectivity index (χ0n) is 18.9. The van der Waals surface area contributed by atoms with Crippen LogP contribution in [0.25, 0.3) is 60.7 Å². The van der Waals surface area contributed by atoms with Gasteiger partial charge in [0.25, 0.3) is 0 Å². The highest BCUT2D eigenvalue weighted by Crippen LogP contribution is 2.46. The van der Waals surface area contributed by atoms with Crippen LogP contribution in [-0.2, 0) is 12.8 Å². The van der Waals surface area contributed by atoms with E-state index >= 15 is 0 Å². The van der Waals surface area contributed by atoms with Gasteiger partial charge in [-0.1, -0.05) is 42.5 Å². The van der Waals surface area contributed by atoms with Crippen LogP contribution in [-0.4, -0.2) is 14.4 Å². The normalized spacial score (nSPS) is 13.5. The van der Waals surface area contributed by atoms with Crippen molar-refractivity contribution in [2.75, 3.05) is 0 Å². The number of rotatable bonds is 0. The summed E-state index contributed by atoms with van der Waals surface area (Å²) in [6.45, 7) is 0. The Kier molecular flexibility index (Phi) is 3.14. The quantitative estimate of drug-likeness (QED) is 0.229. The van der Waals surface area contributed by atoms with Crippen LogP contribution in [0.3, 0.4) is 0 Å². The second kappa shape index (κ2) is 6.13. The Bertz CT molecular complexity index is 2060. The van der Waals surface area contributed by atoms with Crippen molar-refractivity contribution in [1.29, 1.82) is 0 Å². The summed E-state index contributed by atoms with van der Waals surface area (Å²) < 4.78 is 2.23. The molecule has 2 aliphatic rings. The van der Waals surface area contributed by atoms with Crippen molar-refractivity contribution in [1.82, 2.24) is 14.4 Å². The number of hydrogen-bond donors (Lipinski definition) is 0. The molecule has 35 heavy (non-hydrogen) atoms. The molecular formula is C32H19N3. The van der Waals surface area contributed by atoms with Gasteiger partial charge < -0.3 is 0 Å². The van der Waals surface area contributed by atoms with Crippen molar-refractivity contribution in [3.8, 4) is 22.3 Å². The number of pyridine rings is 2. The van der Waals surface area contributed by atoms with Crippen molar-refractivity contribution in [2.24, 2.45) is 0 Å². The lowest BCUT2D eigenvalue weighted by atomic mass is 9.96. The van der Waals surface area contributed by atoms with Crippen LogP contribution >= 0.6 is 0 Å². The Labute approximate surface area is 201 Å². The molecule has 0 N–H and O–H groups in total. The van der Waals surface area contributed by atoms with E-state index < -0.39 is 0 Å². The van der Waals surface area contributed by atoms with E-state index in [0.29, 0.717) is 0 Å². The minimum Gasteiger partial charge on any atom is -0.276 e. The highest BCUT2D eigenvalue weighted by atomic mass is 15.1. The van der Waals surface area contributed by atoms with E-state index in [1.165, 1.54) is 60.7 Å². The molecule has 0 spiro atoms. The molecule has 3 aromatic heterocycles. The largest absolute Gasteiger partial charge is 0.276 e. The maximum atomic E-state index is 5.07. The number of aromatic nitrogens is 3. The fraction of sp³-hybridized carbons (Fsp3) is 0.0625. The number of benzene rings is 4. The van der Waals surface area contributed by atoms with Gasteiger partial charge in [-0.2, -0.15) is 0 Å². The van der Waals surface area contributed by atoms with Crippen LogP contribution < -0.4 is 0 Å². The predicted octanol–water partition coefficient (Wildman–Crippen LogP) is 7.33. The summed E-state index contributed by atoms with van der Waals surface area (Å²) >= 11 is 0. The number of imidazole rings is 1. The summed E-state index contributed by atoms with van der Waals surface area (Å²) in [6, 6.07) is 31.1. The minimum atomic E-state index is 0.963. The third-order valence-electron chi connectivity index (χ3n) is 8.02. The number of fused-ring (bicyclic) bond motifs is 14. The van der Waals surface area contributed by atoms with Crippen molar-refractivity contribution >= 4 is 38.5 Å². The zero-order valence-corrected chi connectivity index (χ0v) is 18.9. The van der Waals surface area contributed by atoms with Gasteiger partial charge >= 0.3 is 0 Å². The van der Waals surface area contributed by atoms with Crippen LogP contribution in [0.2, 0.25) is 0 Å². The van der Waals surface area contributed by atoms with Gasteiger partial charge in [-0.3, -0.25) is 4.40 Å². The van der Waals surface area contributed by atoms with Gasteiger partial charge in [-0.25, -0.2) is 9.97 Å². The average Bonchev–Trinajstić information content (AvgIpc) is 3.57. The van der Waals surface area contributed by atoms with E-state index in [-0.39, 0.29) is 0 Å². The molecule has 0 saturated heterocycles. The lowest BCUT2D eigenvalue weighted by Crippen LogP contribution is -1.94. The average molecular weight is 446 g/mol. The van der Waals surface area contributed by atoms with E-state index in [1.54, 1.807) is 0 Å². The molecule has 0 unspecified atom stereocenters. The van der Waals surface area contributed by atoms with Crippen LogP contribution in [0.1, 0.15) is 22.3 Å². The zero-order chi connectivity index (χ0) is 22.7. The van der Waals surface area contributed by atoms with Crippen molar-refractivity contribution in [3.05, 3.63) is 113 Å². The van der Waals surface area contributed by atoms with Crippen LogP contribution in [0.15, 0.2) is 91.1 Å². The maximum Gasteiger partial charge on any atom is 0.147 e. The Morgan fingerprint density at radius 2 is 1.31 bits per heavy atom. The van der Waals surface area contributed by atoms with E-state index in [2.05, 4.69) is 83.3 Å². The highest BCUT2D eigenvalue weighted by molar-refractivity contribution is 6.14. The second-order valence-corrected chi connectivity index (χ2v) is 9.87. The first-order chi connectivity index (χ1) is 17.3. The number of para-hydroxylation sites is 2. The smallest absolute Gasteiger partial charge is 0.147 e. The summed E-state index contributed by atoms with van der Waals surface area (Å²) in [5.74, 6) is 0. The predicted molar refractivity (Wildman–Crippen MR) is 142 cm³/mol. The van der Waals surface area contributed by atoms with E-state index in [0.717, 1.165) is 35.2 Å². The molecule has 0 aliphatic heterocycles. The summed E-state index contributed by atoms with van der Waals surface area (Å²) in [6.07, 6.45) is 3.89. The van der Waals surface area contributed by atoms with Gasteiger partial charge in [0.1, 0.15) is 11.3 Å². The summed E-state index contributed by atoms with van der Waals surface area (Å²) in [5, 5.41) is 3.59. The summed E-state index contributed by atoms with van der Waals surface area (Å²) in [4.78, 5) is 9.88. The molecule has 3 nitrogen and oxygen atoms in total. The second-order valence-electron chi connectivity index (χ2n) is 9.87. The maximum absolute atomic E-state index is 5.07. The molecule has 0 radical (unpaired) electrons. The Morgan fingerprint density at radius 1 is 0.543 bits per heavy atom. The standard InChI is InChI=1S/C32H19N3/c1-2-7-22-18(6-1)12-19-13-20-14-21-15-28-27(17-26(21)25(20)16-24(19)22)23-8-5-11-33-31(23)35-30-10-4-3-9-29(30)34-32(28)35/h1-11,13,15-17H,12,14H2. The lowest BCUT2D eigenvalue weighted by Gasteiger charge is -2.11. The molecule has 7 aromatic rings. The Balaban J connectivity index is 1.39. The van der Waals surface area contributed by atoms with Crippen molar-refractivity contribution < 1.29 is 0 Å². The van der Waals surface area contributed by atoms with E-state index in [9.17, 15) is 0 Å². The van der Waals surface area contributed by atoms with E-state index in [1.807, 2.05) is 12.3 Å². The Hall–Kier alpha value is -4.50. The fourth-order valence-electron chi connectivity index (χ4n) is 6.49. The van der Waals surface area contributed by atoms with Crippen molar-refractivity contribution in [2.45, 2.75) is 12.8 Å². The molecule has 0 bridgehead atoms. The van der Waals surface area contributed by atoms with E-state index in [4.69, 9.17) is 9.97 Å². The van der Waals surface area contributed by atoms with Crippen LogP contribution in [0, 0.1) is 0 Å². The lowest BCUT2D eigenvalue weighted by molar-refractivity contribution is 1.21. The van der Waals surface area contributed by atoms with Gasteiger partial charge in [0, 0.05) is 17.0 Å². The van der Waals surface area contributed by atoms with Crippen LogP contribution in [0.5, 0.6) is 0 Å². The minimum absolute atomic E-state index is 0.963. The fourth-order valence-corrected chi connectivity index (χ4v) is 6.49. The Morgan fingerprint density at radius 3 is 2.29 bits per heavy atom. The van der Waals surface area contributed by atoms with Gasteiger partial charge in [-0.05, 0) is 105 Å². The molecule has 3 heterocycles. The highest BCUT2D eigenvalue weighted by Gasteiger charge is 2.26. The summed E-state index contributed by atoms with van der Waals surface area (Å²) in [5.41, 5.74) is 15.3. The van der Waals surface area contributed by atoms with Gasteiger partial charge in [0.05, 0.1) is 11.0 Å². The third-order valence-corrected chi connectivity index (χ3v) is 8.02. The molecule has 0 atom stereocenters. The first-order valence-electron chi connectivity index (χ1n) is 12.2. The summed E-state index contributed by atoms with van der Waals surface area (Å²) in [7, 11) is 0. The van der Waals surface area contributed by atoms with Gasteiger partial charge in [0.2, 0.25) is 0 Å². The molecule has 2 aliphatic carbocycles. The van der Waals surface area contributed by atoms with Crippen LogP contribution in [0.4, 0.5) is 0 Å². The molecule has 0 amide bonds.